The number of carbonyl (C=O) groups is 1. The van der Waals surface area contributed by atoms with Crippen molar-refractivity contribution in [2.24, 2.45) is 5.92 Å². The predicted octanol–water partition coefficient (Wildman–Crippen LogP) is 3.64. The van der Waals surface area contributed by atoms with Gasteiger partial charge in [-0.1, -0.05) is 25.4 Å². The molecule has 0 aromatic carbocycles. The SMILES string of the molecule is CC(C)/C(C=O)=C/c1sccc1Cl. The van der Waals surface area contributed by atoms with E-state index in [0.717, 1.165) is 16.7 Å². The molecule has 1 aromatic heterocycles. The Morgan fingerprint density at radius 2 is 2.31 bits per heavy atom. The molecule has 70 valence electrons. The quantitative estimate of drug-likeness (QED) is 0.555. The number of aldehydes is 1. The van der Waals surface area contributed by atoms with Crippen molar-refractivity contribution in [3.8, 4) is 0 Å². The summed E-state index contributed by atoms with van der Waals surface area (Å²) in [4.78, 5) is 11.6. The molecule has 0 radical (unpaired) electrons. The number of thiophene rings is 1. The van der Waals surface area contributed by atoms with Crippen LogP contribution in [0.5, 0.6) is 0 Å². The van der Waals surface area contributed by atoms with Gasteiger partial charge in [-0.15, -0.1) is 11.3 Å². The first-order chi connectivity index (χ1) is 6.15. The van der Waals surface area contributed by atoms with Crippen molar-refractivity contribution in [1.82, 2.24) is 0 Å². The molecule has 0 aliphatic rings. The van der Waals surface area contributed by atoms with Crippen LogP contribution in [0.15, 0.2) is 17.0 Å². The molecule has 0 atom stereocenters. The lowest BCUT2D eigenvalue weighted by molar-refractivity contribution is -0.105. The summed E-state index contributed by atoms with van der Waals surface area (Å²) in [7, 11) is 0. The number of halogens is 1. The average Bonchev–Trinajstić information content (AvgIpc) is 2.46. The molecular weight excluding hydrogens is 204 g/mol. The molecule has 0 N–H and O–H groups in total. The van der Waals surface area contributed by atoms with E-state index in [-0.39, 0.29) is 5.92 Å². The first kappa shape index (κ1) is 10.5. The van der Waals surface area contributed by atoms with Crippen LogP contribution in [0, 0.1) is 5.92 Å². The van der Waals surface area contributed by atoms with Crippen molar-refractivity contribution < 1.29 is 4.79 Å². The maximum absolute atomic E-state index is 10.7. The predicted molar refractivity (Wildman–Crippen MR) is 58.2 cm³/mol. The highest BCUT2D eigenvalue weighted by molar-refractivity contribution is 7.11. The Kier molecular flexibility index (Phi) is 3.70. The van der Waals surface area contributed by atoms with Crippen LogP contribution in [0.25, 0.3) is 6.08 Å². The molecule has 13 heavy (non-hydrogen) atoms. The van der Waals surface area contributed by atoms with E-state index in [2.05, 4.69) is 0 Å². The molecule has 0 saturated heterocycles. The highest BCUT2D eigenvalue weighted by atomic mass is 35.5. The van der Waals surface area contributed by atoms with E-state index in [0.29, 0.717) is 5.02 Å². The molecule has 3 heteroatoms. The Labute approximate surface area is 87.0 Å². The lowest BCUT2D eigenvalue weighted by atomic mass is 10.0. The monoisotopic (exact) mass is 214 g/mol. The second-order valence-corrected chi connectivity index (χ2v) is 4.40. The van der Waals surface area contributed by atoms with Crippen molar-refractivity contribution in [3.63, 3.8) is 0 Å². The van der Waals surface area contributed by atoms with Gasteiger partial charge in [0.15, 0.2) is 0 Å². The van der Waals surface area contributed by atoms with E-state index in [4.69, 9.17) is 11.6 Å². The van der Waals surface area contributed by atoms with Crippen molar-refractivity contribution >= 4 is 35.3 Å². The third kappa shape index (κ3) is 2.68. The van der Waals surface area contributed by atoms with Crippen molar-refractivity contribution in [3.05, 3.63) is 26.9 Å². The summed E-state index contributed by atoms with van der Waals surface area (Å²) < 4.78 is 0. The van der Waals surface area contributed by atoms with Gasteiger partial charge in [-0.2, -0.15) is 0 Å². The number of carbonyl (C=O) groups excluding carboxylic acids is 1. The van der Waals surface area contributed by atoms with E-state index in [1.54, 1.807) is 11.3 Å². The first-order valence-electron chi connectivity index (χ1n) is 4.05. The number of hydrogen-bond acceptors (Lipinski definition) is 2. The topological polar surface area (TPSA) is 17.1 Å². The van der Waals surface area contributed by atoms with Gasteiger partial charge in [-0.05, 0) is 29.0 Å². The van der Waals surface area contributed by atoms with Gasteiger partial charge in [-0.3, -0.25) is 4.79 Å². The van der Waals surface area contributed by atoms with Gasteiger partial charge in [0, 0.05) is 4.88 Å². The summed E-state index contributed by atoms with van der Waals surface area (Å²) in [6, 6.07) is 1.83. The van der Waals surface area contributed by atoms with Gasteiger partial charge in [0.1, 0.15) is 6.29 Å². The minimum absolute atomic E-state index is 0.246. The largest absolute Gasteiger partial charge is 0.298 e. The molecule has 0 saturated carbocycles. The van der Waals surface area contributed by atoms with Gasteiger partial charge < -0.3 is 0 Å². The molecule has 1 aromatic rings. The van der Waals surface area contributed by atoms with Crippen LogP contribution >= 0.6 is 22.9 Å². The van der Waals surface area contributed by atoms with Crippen LogP contribution in [0.1, 0.15) is 18.7 Å². The van der Waals surface area contributed by atoms with Crippen LogP contribution in [-0.2, 0) is 4.79 Å². The fourth-order valence-corrected chi connectivity index (χ4v) is 1.96. The average molecular weight is 215 g/mol. The lowest BCUT2D eigenvalue weighted by Gasteiger charge is -2.01. The molecule has 0 spiro atoms. The summed E-state index contributed by atoms with van der Waals surface area (Å²) in [6.45, 7) is 3.98. The fraction of sp³-hybridized carbons (Fsp3) is 0.300. The number of hydrogen-bond donors (Lipinski definition) is 0. The summed E-state index contributed by atoms with van der Waals surface area (Å²) in [5.74, 6) is 0.246. The maximum Gasteiger partial charge on any atom is 0.146 e. The molecule has 0 bridgehead atoms. The Bertz CT molecular complexity index is 325. The second kappa shape index (κ2) is 4.58. The molecule has 0 aliphatic carbocycles. The number of rotatable bonds is 3. The van der Waals surface area contributed by atoms with Gasteiger partial charge >= 0.3 is 0 Å². The van der Waals surface area contributed by atoms with Gasteiger partial charge in [-0.25, -0.2) is 0 Å². The van der Waals surface area contributed by atoms with Crippen LogP contribution in [0.2, 0.25) is 5.02 Å². The summed E-state index contributed by atoms with van der Waals surface area (Å²) in [5, 5.41) is 2.63. The van der Waals surface area contributed by atoms with Crippen LogP contribution in [0.3, 0.4) is 0 Å². The molecular formula is C10H11ClOS. The zero-order valence-corrected chi connectivity index (χ0v) is 9.15. The molecule has 0 aliphatic heterocycles. The summed E-state index contributed by atoms with van der Waals surface area (Å²) >= 11 is 7.44. The third-order valence-corrected chi connectivity index (χ3v) is 3.05. The highest BCUT2D eigenvalue weighted by Crippen LogP contribution is 2.25. The Morgan fingerprint density at radius 1 is 1.62 bits per heavy atom. The van der Waals surface area contributed by atoms with E-state index >= 15 is 0 Å². The summed E-state index contributed by atoms with van der Waals surface area (Å²) in [5.41, 5.74) is 0.782. The van der Waals surface area contributed by atoms with Crippen molar-refractivity contribution in [2.75, 3.05) is 0 Å². The molecule has 1 heterocycles. The Hall–Kier alpha value is -0.600. The molecule has 1 nitrogen and oxygen atoms in total. The standard InChI is InChI=1S/C10H11ClOS/c1-7(2)8(6-12)5-10-9(11)3-4-13-10/h3-7H,1-2H3/b8-5+. The molecule has 0 amide bonds. The van der Waals surface area contributed by atoms with E-state index < -0.39 is 0 Å². The molecule has 0 fully saturated rings. The van der Waals surface area contributed by atoms with Crippen LogP contribution in [0.4, 0.5) is 0 Å². The van der Waals surface area contributed by atoms with Gasteiger partial charge in [0.05, 0.1) is 5.02 Å². The Morgan fingerprint density at radius 3 is 2.69 bits per heavy atom. The first-order valence-corrected chi connectivity index (χ1v) is 5.30. The summed E-state index contributed by atoms with van der Waals surface area (Å²) in [6.07, 6.45) is 2.74. The maximum atomic E-state index is 10.7. The number of allylic oxidation sites excluding steroid dienone is 1. The lowest BCUT2D eigenvalue weighted by Crippen LogP contribution is -1.94. The third-order valence-electron chi connectivity index (χ3n) is 1.75. The minimum atomic E-state index is 0.246. The van der Waals surface area contributed by atoms with Gasteiger partial charge in [0.2, 0.25) is 0 Å². The van der Waals surface area contributed by atoms with Crippen LogP contribution < -0.4 is 0 Å². The van der Waals surface area contributed by atoms with E-state index in [9.17, 15) is 4.79 Å². The second-order valence-electron chi connectivity index (χ2n) is 3.05. The fourth-order valence-electron chi connectivity index (χ4n) is 0.897. The highest BCUT2D eigenvalue weighted by Gasteiger charge is 2.04. The minimum Gasteiger partial charge on any atom is -0.298 e. The van der Waals surface area contributed by atoms with Crippen LogP contribution in [-0.4, -0.2) is 6.29 Å². The van der Waals surface area contributed by atoms with Crippen molar-refractivity contribution in [2.45, 2.75) is 13.8 Å². The zero-order valence-electron chi connectivity index (χ0n) is 7.58. The molecule has 0 unspecified atom stereocenters. The smallest absolute Gasteiger partial charge is 0.146 e. The van der Waals surface area contributed by atoms with E-state index in [1.165, 1.54) is 0 Å². The van der Waals surface area contributed by atoms with E-state index in [1.807, 2.05) is 31.4 Å². The van der Waals surface area contributed by atoms with Crippen molar-refractivity contribution in [1.29, 1.82) is 0 Å². The normalized spacial score (nSPS) is 12.2. The van der Waals surface area contributed by atoms with Gasteiger partial charge in [0.25, 0.3) is 0 Å². The Balaban J connectivity index is 2.98. The molecule has 1 rings (SSSR count). The zero-order chi connectivity index (χ0) is 9.84.